The smallest absolute Gasteiger partial charge is 0.191 e. The summed E-state index contributed by atoms with van der Waals surface area (Å²) in [4.78, 5) is 17.7. The summed E-state index contributed by atoms with van der Waals surface area (Å²) in [5, 5.41) is 5.00. The van der Waals surface area contributed by atoms with Crippen LogP contribution in [0.25, 0.3) is 10.3 Å². The average molecular weight is 436 g/mol. The lowest BCUT2D eigenvalue weighted by molar-refractivity contribution is 0.122. The minimum Gasteiger partial charge on any atom is -0.378 e. The molecule has 0 amide bonds. The number of ether oxygens (including phenoxy) is 1. The molecule has 0 atom stereocenters. The van der Waals surface area contributed by atoms with Crippen LogP contribution in [-0.2, 0) is 10.5 Å². The Morgan fingerprint density at radius 1 is 0.933 bits per heavy atom. The molecule has 1 aliphatic rings. The van der Waals surface area contributed by atoms with E-state index in [1.807, 2.05) is 36.4 Å². The van der Waals surface area contributed by atoms with Gasteiger partial charge in [0, 0.05) is 24.5 Å². The topological polar surface area (TPSA) is 63.2 Å². The van der Waals surface area contributed by atoms with Gasteiger partial charge in [0.05, 0.1) is 13.2 Å². The zero-order chi connectivity index (χ0) is 20.2. The van der Waals surface area contributed by atoms with Crippen molar-refractivity contribution in [2.24, 2.45) is 0 Å². The van der Waals surface area contributed by atoms with Gasteiger partial charge in [-0.1, -0.05) is 71.6 Å². The molecule has 1 aliphatic heterocycles. The Bertz CT molecular complexity index is 1110. The van der Waals surface area contributed by atoms with E-state index >= 15 is 0 Å². The van der Waals surface area contributed by atoms with E-state index in [1.54, 1.807) is 23.1 Å². The number of hydrogen-bond donors (Lipinski definition) is 1. The number of thiazole rings is 1. The second-order valence-corrected chi connectivity index (χ2v) is 8.79. The van der Waals surface area contributed by atoms with Gasteiger partial charge in [0.1, 0.15) is 5.52 Å². The van der Waals surface area contributed by atoms with E-state index in [9.17, 15) is 0 Å². The summed E-state index contributed by atoms with van der Waals surface area (Å²) in [6, 6.07) is 20.5. The van der Waals surface area contributed by atoms with Crippen LogP contribution in [0.2, 0.25) is 0 Å². The molecule has 2 aromatic carbocycles. The molecule has 4 aromatic rings. The largest absolute Gasteiger partial charge is 0.378 e. The summed E-state index contributed by atoms with van der Waals surface area (Å²) in [6.45, 7) is 3.04. The molecule has 0 unspecified atom stereocenters. The van der Waals surface area contributed by atoms with Crippen LogP contribution in [0, 0.1) is 0 Å². The van der Waals surface area contributed by atoms with Gasteiger partial charge in [-0.05, 0) is 17.7 Å². The maximum Gasteiger partial charge on any atom is 0.191 e. The van der Waals surface area contributed by atoms with Crippen molar-refractivity contribution in [3.05, 3.63) is 66.2 Å². The molecule has 0 radical (unpaired) electrons. The highest BCUT2D eigenvalue weighted by atomic mass is 32.2. The van der Waals surface area contributed by atoms with Crippen LogP contribution in [0.4, 0.5) is 16.6 Å². The lowest BCUT2D eigenvalue weighted by atomic mass is 10.2. The monoisotopic (exact) mass is 435 g/mol. The van der Waals surface area contributed by atoms with Crippen LogP contribution < -0.4 is 10.2 Å². The van der Waals surface area contributed by atoms with Gasteiger partial charge in [-0.3, -0.25) is 0 Å². The van der Waals surface area contributed by atoms with Gasteiger partial charge >= 0.3 is 0 Å². The number of para-hydroxylation sites is 1. The van der Waals surface area contributed by atoms with Crippen molar-refractivity contribution in [1.82, 2.24) is 15.0 Å². The quantitative estimate of drug-likeness (QED) is 0.339. The molecule has 2 aromatic heterocycles. The third-order valence-corrected chi connectivity index (χ3v) is 6.55. The zero-order valence-corrected chi connectivity index (χ0v) is 18.0. The lowest BCUT2D eigenvalue weighted by Gasteiger charge is -2.28. The standard InChI is InChI=1S/C22H21N5OS2/c1-3-7-16(8-4-1)15-29-21-25-19(27-11-13-28-14-12-27)18-20(26-21)30-22(24-18)23-17-9-5-2-6-10-17/h1-10H,11-15H2,(H,23,24). The highest BCUT2D eigenvalue weighted by Gasteiger charge is 2.21. The molecule has 0 saturated carbocycles. The number of nitrogens with one attached hydrogen (secondary N) is 1. The Hall–Kier alpha value is -2.68. The number of rotatable bonds is 6. The Kier molecular flexibility index (Phi) is 5.78. The molecule has 0 bridgehead atoms. The third kappa shape index (κ3) is 4.40. The fourth-order valence-electron chi connectivity index (χ4n) is 3.27. The second-order valence-electron chi connectivity index (χ2n) is 6.87. The molecule has 1 N–H and O–H groups in total. The van der Waals surface area contributed by atoms with Crippen molar-refractivity contribution >= 4 is 50.1 Å². The van der Waals surface area contributed by atoms with Crippen molar-refractivity contribution in [2.75, 3.05) is 36.5 Å². The number of anilines is 3. The molecule has 30 heavy (non-hydrogen) atoms. The van der Waals surface area contributed by atoms with Gasteiger partial charge < -0.3 is 15.0 Å². The van der Waals surface area contributed by atoms with E-state index in [0.29, 0.717) is 13.2 Å². The van der Waals surface area contributed by atoms with Crippen molar-refractivity contribution in [3.8, 4) is 0 Å². The fraction of sp³-hybridized carbons (Fsp3) is 0.227. The summed E-state index contributed by atoms with van der Waals surface area (Å²) in [5.74, 6) is 1.74. The first-order valence-corrected chi connectivity index (χ1v) is 11.7. The SMILES string of the molecule is c1ccc(CSc2nc(N3CCOCC3)c3nc(Nc4ccccc4)sc3n2)cc1. The normalized spacial score (nSPS) is 14.2. The number of aromatic nitrogens is 3. The maximum absolute atomic E-state index is 5.53. The lowest BCUT2D eigenvalue weighted by Crippen LogP contribution is -2.37. The fourth-order valence-corrected chi connectivity index (χ4v) is 4.98. The van der Waals surface area contributed by atoms with Crippen LogP contribution in [0.3, 0.4) is 0 Å². The Morgan fingerprint density at radius 3 is 2.43 bits per heavy atom. The van der Waals surface area contributed by atoms with Crippen molar-refractivity contribution in [3.63, 3.8) is 0 Å². The summed E-state index contributed by atoms with van der Waals surface area (Å²) >= 11 is 3.22. The van der Waals surface area contributed by atoms with E-state index < -0.39 is 0 Å². The highest BCUT2D eigenvalue weighted by Crippen LogP contribution is 2.34. The first-order chi connectivity index (χ1) is 14.8. The van der Waals surface area contributed by atoms with Crippen LogP contribution in [-0.4, -0.2) is 41.3 Å². The number of nitrogens with zero attached hydrogens (tertiary/aromatic N) is 4. The predicted octanol–water partition coefficient (Wildman–Crippen LogP) is 4.96. The molecular weight excluding hydrogens is 414 g/mol. The summed E-state index contributed by atoms with van der Waals surface area (Å²) in [6.07, 6.45) is 0. The zero-order valence-electron chi connectivity index (χ0n) is 16.3. The number of fused-ring (bicyclic) bond motifs is 1. The van der Waals surface area contributed by atoms with Crippen molar-refractivity contribution < 1.29 is 4.74 Å². The summed E-state index contributed by atoms with van der Waals surface area (Å²) < 4.78 is 5.53. The number of benzene rings is 2. The average Bonchev–Trinajstić information content (AvgIpc) is 3.21. The Balaban J connectivity index is 1.47. The molecule has 0 aliphatic carbocycles. The molecule has 5 rings (SSSR count). The van der Waals surface area contributed by atoms with Gasteiger partial charge in [-0.25, -0.2) is 15.0 Å². The van der Waals surface area contributed by atoms with Crippen molar-refractivity contribution in [2.45, 2.75) is 10.9 Å². The van der Waals surface area contributed by atoms with Crippen LogP contribution in [0.1, 0.15) is 5.56 Å². The molecule has 0 spiro atoms. The Labute approximate surface area is 183 Å². The molecule has 152 valence electrons. The molecule has 8 heteroatoms. The molecule has 1 fully saturated rings. The van der Waals surface area contributed by atoms with Crippen LogP contribution in [0.5, 0.6) is 0 Å². The van der Waals surface area contributed by atoms with Gasteiger partial charge in [0.25, 0.3) is 0 Å². The molecule has 3 heterocycles. The molecule has 1 saturated heterocycles. The highest BCUT2D eigenvalue weighted by molar-refractivity contribution is 7.98. The number of hydrogen-bond acceptors (Lipinski definition) is 8. The van der Waals surface area contributed by atoms with Gasteiger partial charge in [-0.15, -0.1) is 0 Å². The second kappa shape index (κ2) is 8.99. The van der Waals surface area contributed by atoms with Gasteiger partial charge in [0.15, 0.2) is 20.9 Å². The van der Waals surface area contributed by atoms with Crippen LogP contribution in [0.15, 0.2) is 65.8 Å². The maximum atomic E-state index is 5.53. The minimum absolute atomic E-state index is 0.706. The Morgan fingerprint density at radius 2 is 1.67 bits per heavy atom. The van der Waals surface area contributed by atoms with E-state index in [0.717, 1.165) is 51.0 Å². The van der Waals surface area contributed by atoms with E-state index in [-0.39, 0.29) is 0 Å². The number of morpholine rings is 1. The van der Waals surface area contributed by atoms with E-state index in [2.05, 4.69) is 34.5 Å². The van der Waals surface area contributed by atoms with Crippen LogP contribution >= 0.6 is 23.1 Å². The third-order valence-electron chi connectivity index (χ3n) is 4.77. The molecular formula is C22H21N5OS2. The first kappa shape index (κ1) is 19.3. The van der Waals surface area contributed by atoms with Gasteiger partial charge in [-0.2, -0.15) is 0 Å². The van der Waals surface area contributed by atoms with E-state index in [4.69, 9.17) is 19.7 Å². The predicted molar refractivity (Wildman–Crippen MR) is 124 cm³/mol. The number of thioether (sulfide) groups is 1. The molecule has 6 nitrogen and oxygen atoms in total. The first-order valence-electron chi connectivity index (χ1n) is 9.85. The minimum atomic E-state index is 0.706. The summed E-state index contributed by atoms with van der Waals surface area (Å²) in [5.41, 5.74) is 3.12. The summed E-state index contributed by atoms with van der Waals surface area (Å²) in [7, 11) is 0. The van der Waals surface area contributed by atoms with E-state index in [1.165, 1.54) is 5.56 Å². The van der Waals surface area contributed by atoms with Crippen molar-refractivity contribution in [1.29, 1.82) is 0 Å². The van der Waals surface area contributed by atoms with Gasteiger partial charge in [0.2, 0.25) is 0 Å².